The molecule has 0 aromatic carbocycles. The van der Waals surface area contributed by atoms with Gasteiger partial charge in [0.1, 0.15) is 0 Å². The van der Waals surface area contributed by atoms with Gasteiger partial charge in [-0.15, -0.1) is 0 Å². The largest absolute Gasteiger partial charge is 0.378 e. The number of nitrogens with one attached hydrogen (secondary N) is 1. The van der Waals surface area contributed by atoms with E-state index >= 15 is 0 Å². The van der Waals surface area contributed by atoms with Gasteiger partial charge in [0, 0.05) is 30.9 Å². The van der Waals surface area contributed by atoms with E-state index in [1.165, 1.54) is 24.1 Å². The van der Waals surface area contributed by atoms with Gasteiger partial charge >= 0.3 is 0 Å². The molecule has 1 aliphatic heterocycles. The van der Waals surface area contributed by atoms with Crippen LogP contribution in [0.5, 0.6) is 0 Å². The van der Waals surface area contributed by atoms with Gasteiger partial charge in [0.25, 0.3) is 0 Å². The van der Waals surface area contributed by atoms with Crippen LogP contribution < -0.4 is 10.2 Å². The number of nitrogens with zero attached hydrogens (tertiary/aromatic N) is 3. The zero-order valence-corrected chi connectivity index (χ0v) is 10.9. The Morgan fingerprint density at radius 2 is 2.22 bits per heavy atom. The molecule has 0 amide bonds. The van der Waals surface area contributed by atoms with Crippen LogP contribution in [0.25, 0.3) is 0 Å². The summed E-state index contributed by atoms with van der Waals surface area (Å²) in [7, 11) is 2.01. The number of rotatable bonds is 2. The fourth-order valence-corrected chi connectivity index (χ4v) is 2.75. The highest BCUT2D eigenvalue weighted by molar-refractivity contribution is 5.35. The smallest absolute Gasteiger partial charge is 0.225 e. The highest BCUT2D eigenvalue weighted by Crippen LogP contribution is 2.28. The van der Waals surface area contributed by atoms with Crippen molar-refractivity contribution in [2.75, 3.05) is 38.3 Å². The quantitative estimate of drug-likeness (QED) is 0.843. The number of ether oxygens (including phenoxy) is 1. The molecule has 1 N–H and O–H groups in total. The standard InChI is InChI=1S/C13H20N4O/c1-14-11-3-2-4-12-10(11)9-15-13(16-12)17-5-7-18-8-6-17/h9,11,14H,2-8H2,1H3. The van der Waals surface area contributed by atoms with E-state index < -0.39 is 0 Å². The molecule has 2 heterocycles. The van der Waals surface area contributed by atoms with E-state index in [9.17, 15) is 0 Å². The van der Waals surface area contributed by atoms with E-state index in [-0.39, 0.29) is 0 Å². The summed E-state index contributed by atoms with van der Waals surface area (Å²) in [6.45, 7) is 3.35. The maximum Gasteiger partial charge on any atom is 0.225 e. The van der Waals surface area contributed by atoms with Crippen LogP contribution in [0.4, 0.5) is 5.95 Å². The maximum atomic E-state index is 5.36. The molecule has 2 aliphatic rings. The first-order chi connectivity index (χ1) is 8.88. The molecule has 18 heavy (non-hydrogen) atoms. The molecule has 1 aromatic rings. The van der Waals surface area contributed by atoms with Crippen LogP contribution in [0.3, 0.4) is 0 Å². The minimum Gasteiger partial charge on any atom is -0.378 e. The summed E-state index contributed by atoms with van der Waals surface area (Å²) in [5.74, 6) is 0.869. The lowest BCUT2D eigenvalue weighted by atomic mass is 9.92. The van der Waals surface area contributed by atoms with Gasteiger partial charge in [-0.2, -0.15) is 0 Å². The molecule has 5 heteroatoms. The van der Waals surface area contributed by atoms with Gasteiger partial charge in [-0.1, -0.05) is 0 Å². The van der Waals surface area contributed by atoms with Crippen molar-refractivity contribution in [2.45, 2.75) is 25.3 Å². The fraction of sp³-hybridized carbons (Fsp3) is 0.692. The van der Waals surface area contributed by atoms with E-state index in [0.29, 0.717) is 6.04 Å². The number of aryl methyl sites for hydroxylation is 1. The number of anilines is 1. The molecule has 0 radical (unpaired) electrons. The molecule has 1 saturated heterocycles. The van der Waals surface area contributed by atoms with Crippen LogP contribution in [0.1, 0.15) is 30.1 Å². The van der Waals surface area contributed by atoms with Crippen molar-refractivity contribution >= 4 is 5.95 Å². The fourth-order valence-electron chi connectivity index (χ4n) is 2.75. The second-order valence-corrected chi connectivity index (χ2v) is 4.90. The van der Waals surface area contributed by atoms with Crippen molar-refractivity contribution in [2.24, 2.45) is 0 Å². The van der Waals surface area contributed by atoms with Crippen LogP contribution >= 0.6 is 0 Å². The normalized spacial score (nSPS) is 23.8. The van der Waals surface area contributed by atoms with Crippen LogP contribution in [0.2, 0.25) is 0 Å². The Hall–Kier alpha value is -1.20. The highest BCUT2D eigenvalue weighted by Gasteiger charge is 2.22. The first kappa shape index (κ1) is 11.9. The van der Waals surface area contributed by atoms with E-state index in [2.05, 4.69) is 15.2 Å². The first-order valence-electron chi connectivity index (χ1n) is 6.74. The van der Waals surface area contributed by atoms with E-state index in [1.807, 2.05) is 13.2 Å². The Labute approximate surface area is 108 Å². The molecule has 0 saturated carbocycles. The molecule has 1 fully saturated rings. The molecule has 0 spiro atoms. The van der Waals surface area contributed by atoms with Crippen molar-refractivity contribution in [1.82, 2.24) is 15.3 Å². The van der Waals surface area contributed by atoms with Gasteiger partial charge in [-0.3, -0.25) is 0 Å². The van der Waals surface area contributed by atoms with Crippen molar-refractivity contribution < 1.29 is 4.74 Å². The summed E-state index contributed by atoms with van der Waals surface area (Å²) in [6.07, 6.45) is 5.47. The lowest BCUT2D eigenvalue weighted by Gasteiger charge is -2.29. The van der Waals surface area contributed by atoms with E-state index in [4.69, 9.17) is 9.72 Å². The van der Waals surface area contributed by atoms with Gasteiger partial charge < -0.3 is 15.0 Å². The summed E-state index contributed by atoms with van der Waals surface area (Å²) < 4.78 is 5.36. The van der Waals surface area contributed by atoms with Crippen molar-refractivity contribution in [3.8, 4) is 0 Å². The third-order valence-electron chi connectivity index (χ3n) is 3.81. The van der Waals surface area contributed by atoms with Gasteiger partial charge in [-0.05, 0) is 26.3 Å². The Morgan fingerprint density at radius 1 is 1.39 bits per heavy atom. The third kappa shape index (κ3) is 2.20. The minimum absolute atomic E-state index is 0.424. The molecule has 1 aliphatic carbocycles. The number of aromatic nitrogens is 2. The highest BCUT2D eigenvalue weighted by atomic mass is 16.5. The van der Waals surface area contributed by atoms with Gasteiger partial charge in [0.2, 0.25) is 5.95 Å². The first-order valence-corrected chi connectivity index (χ1v) is 6.74. The molecule has 1 unspecified atom stereocenters. The molecule has 98 valence electrons. The zero-order valence-electron chi connectivity index (χ0n) is 10.9. The molecule has 5 nitrogen and oxygen atoms in total. The lowest BCUT2D eigenvalue weighted by molar-refractivity contribution is 0.122. The van der Waals surface area contributed by atoms with Crippen molar-refractivity contribution in [1.29, 1.82) is 0 Å². The predicted molar refractivity (Wildman–Crippen MR) is 69.8 cm³/mol. The topological polar surface area (TPSA) is 50.3 Å². The summed E-state index contributed by atoms with van der Waals surface area (Å²) in [6, 6.07) is 0.424. The maximum absolute atomic E-state index is 5.36. The van der Waals surface area contributed by atoms with Crippen molar-refractivity contribution in [3.63, 3.8) is 0 Å². The Balaban J connectivity index is 1.85. The number of hydrogen-bond donors (Lipinski definition) is 1. The third-order valence-corrected chi connectivity index (χ3v) is 3.81. The lowest BCUT2D eigenvalue weighted by Crippen LogP contribution is -2.37. The summed E-state index contributed by atoms with van der Waals surface area (Å²) in [4.78, 5) is 11.5. The number of hydrogen-bond acceptors (Lipinski definition) is 5. The zero-order chi connectivity index (χ0) is 12.4. The molecule has 1 aromatic heterocycles. The molecule has 1 atom stereocenters. The minimum atomic E-state index is 0.424. The Morgan fingerprint density at radius 3 is 3.00 bits per heavy atom. The number of fused-ring (bicyclic) bond motifs is 1. The molecule has 3 rings (SSSR count). The van der Waals surface area contributed by atoms with Crippen LogP contribution in [0, 0.1) is 0 Å². The Bertz CT molecular complexity index is 417. The predicted octanol–water partition coefficient (Wildman–Crippen LogP) is 0.910. The van der Waals surface area contributed by atoms with Crippen LogP contribution in [-0.2, 0) is 11.2 Å². The average molecular weight is 248 g/mol. The summed E-state index contributed by atoms with van der Waals surface area (Å²) in [5.41, 5.74) is 2.50. The van der Waals surface area contributed by atoms with Crippen LogP contribution in [-0.4, -0.2) is 43.3 Å². The average Bonchev–Trinajstić information content (AvgIpc) is 2.47. The van der Waals surface area contributed by atoms with Gasteiger partial charge in [0.05, 0.1) is 18.9 Å². The van der Waals surface area contributed by atoms with E-state index in [1.54, 1.807) is 0 Å². The summed E-state index contributed by atoms with van der Waals surface area (Å²) >= 11 is 0. The van der Waals surface area contributed by atoms with Gasteiger partial charge in [0.15, 0.2) is 0 Å². The van der Waals surface area contributed by atoms with Crippen molar-refractivity contribution in [3.05, 3.63) is 17.5 Å². The molecule has 0 bridgehead atoms. The monoisotopic (exact) mass is 248 g/mol. The SMILES string of the molecule is CNC1CCCc2nc(N3CCOCC3)ncc21. The number of morpholine rings is 1. The van der Waals surface area contributed by atoms with E-state index in [0.717, 1.165) is 38.7 Å². The summed E-state index contributed by atoms with van der Waals surface area (Å²) in [5, 5.41) is 3.35. The second-order valence-electron chi connectivity index (χ2n) is 4.90. The molecular weight excluding hydrogens is 228 g/mol. The molecular formula is C13H20N4O. The second kappa shape index (κ2) is 5.20. The van der Waals surface area contributed by atoms with Crippen LogP contribution in [0.15, 0.2) is 6.20 Å². The van der Waals surface area contributed by atoms with Gasteiger partial charge in [-0.25, -0.2) is 9.97 Å². The Kier molecular flexibility index (Phi) is 3.43.